The number of urea groups is 1. The van der Waals surface area contributed by atoms with Crippen LogP contribution >= 0.6 is 0 Å². The predicted molar refractivity (Wildman–Crippen MR) is 63.2 cm³/mol. The van der Waals surface area contributed by atoms with E-state index in [1.54, 1.807) is 17.2 Å². The van der Waals surface area contributed by atoms with Crippen LogP contribution in [0.5, 0.6) is 0 Å². The van der Waals surface area contributed by atoms with Crippen molar-refractivity contribution in [2.24, 2.45) is 0 Å². The zero-order valence-corrected chi connectivity index (χ0v) is 9.78. The van der Waals surface area contributed by atoms with Gasteiger partial charge in [0.25, 0.3) is 0 Å². The number of hydroxylamine groups is 2. The summed E-state index contributed by atoms with van der Waals surface area (Å²) < 4.78 is 5.30. The Kier molecular flexibility index (Phi) is 2.64. The van der Waals surface area contributed by atoms with E-state index in [-0.39, 0.29) is 12.1 Å². The van der Waals surface area contributed by atoms with Crippen LogP contribution in [0.2, 0.25) is 0 Å². The van der Waals surface area contributed by atoms with E-state index in [0.717, 1.165) is 5.57 Å². The number of fused-ring (bicyclic) bond motifs is 2. The van der Waals surface area contributed by atoms with E-state index in [4.69, 9.17) is 9.25 Å². The van der Waals surface area contributed by atoms with E-state index in [9.17, 15) is 4.79 Å². The van der Waals surface area contributed by atoms with Crippen LogP contribution in [0.3, 0.4) is 0 Å². The second kappa shape index (κ2) is 4.30. The number of amides is 2. The molecule has 6 nitrogen and oxygen atoms in total. The summed E-state index contributed by atoms with van der Waals surface area (Å²) in [6.07, 6.45) is 6.68. The standard InChI is InChI=1S/C12H13N3O3/c1-2-6-18-15-10-8-14(12(15)16)5-3-9(10)11-13-4-7-17-11/h2-4,7,10H,1,5-6,8H2. The van der Waals surface area contributed by atoms with Crippen molar-refractivity contribution < 1.29 is 14.0 Å². The smallest absolute Gasteiger partial charge is 0.344 e. The van der Waals surface area contributed by atoms with Crippen LogP contribution in [0, 0.1) is 0 Å². The molecule has 1 saturated heterocycles. The van der Waals surface area contributed by atoms with Crippen molar-refractivity contribution in [3.05, 3.63) is 37.1 Å². The molecule has 0 N–H and O–H groups in total. The van der Waals surface area contributed by atoms with Gasteiger partial charge in [-0.05, 0) is 0 Å². The first kappa shape index (κ1) is 11.0. The highest BCUT2D eigenvalue weighted by Gasteiger charge is 2.44. The van der Waals surface area contributed by atoms with E-state index in [1.165, 1.54) is 11.3 Å². The van der Waals surface area contributed by atoms with Gasteiger partial charge < -0.3 is 9.32 Å². The van der Waals surface area contributed by atoms with E-state index < -0.39 is 0 Å². The Morgan fingerprint density at radius 2 is 2.56 bits per heavy atom. The van der Waals surface area contributed by atoms with E-state index in [0.29, 0.717) is 25.6 Å². The molecule has 2 bridgehead atoms. The zero-order valence-electron chi connectivity index (χ0n) is 9.78. The SMILES string of the molecule is C=CCON1C(=O)N2CC=C(c3ncco3)C1C2. The largest absolute Gasteiger partial charge is 0.445 e. The minimum absolute atomic E-state index is 0.125. The summed E-state index contributed by atoms with van der Waals surface area (Å²) in [6.45, 7) is 5.04. The lowest BCUT2D eigenvalue weighted by Gasteiger charge is -2.22. The molecular formula is C12H13N3O3. The highest BCUT2D eigenvalue weighted by Crippen LogP contribution is 2.31. The number of nitrogens with zero attached hydrogens (tertiary/aromatic N) is 3. The molecular weight excluding hydrogens is 234 g/mol. The van der Waals surface area contributed by atoms with E-state index in [2.05, 4.69) is 11.6 Å². The van der Waals surface area contributed by atoms with Crippen LogP contribution in [0.1, 0.15) is 5.89 Å². The Balaban J connectivity index is 1.88. The van der Waals surface area contributed by atoms with E-state index >= 15 is 0 Å². The monoisotopic (exact) mass is 247 g/mol. The topological polar surface area (TPSA) is 58.8 Å². The van der Waals surface area contributed by atoms with Gasteiger partial charge in [0.05, 0.1) is 19.3 Å². The molecule has 0 radical (unpaired) electrons. The van der Waals surface area contributed by atoms with E-state index in [1.807, 2.05) is 6.08 Å². The van der Waals surface area contributed by atoms with Gasteiger partial charge in [0.15, 0.2) is 0 Å². The molecule has 0 aliphatic carbocycles. The van der Waals surface area contributed by atoms with Gasteiger partial charge in [-0.1, -0.05) is 12.2 Å². The van der Waals surface area contributed by atoms with Crippen LogP contribution in [0.4, 0.5) is 4.79 Å². The van der Waals surface area contributed by atoms with Crippen molar-refractivity contribution in [3.8, 4) is 0 Å². The predicted octanol–water partition coefficient (Wildman–Crippen LogP) is 1.30. The summed E-state index contributed by atoms with van der Waals surface area (Å²) in [6, 6.07) is -0.287. The summed E-state index contributed by atoms with van der Waals surface area (Å²) in [7, 11) is 0. The lowest BCUT2D eigenvalue weighted by atomic mass is 10.0. The molecule has 18 heavy (non-hydrogen) atoms. The molecule has 1 aromatic rings. The second-order valence-electron chi connectivity index (χ2n) is 4.11. The third-order valence-corrected chi connectivity index (χ3v) is 3.04. The Morgan fingerprint density at radius 1 is 1.67 bits per heavy atom. The average molecular weight is 247 g/mol. The first-order valence-corrected chi connectivity index (χ1v) is 5.73. The molecule has 2 amide bonds. The summed E-state index contributed by atoms with van der Waals surface area (Å²) in [5, 5.41) is 1.38. The molecule has 6 heteroatoms. The molecule has 94 valence electrons. The van der Waals surface area contributed by atoms with Crippen molar-refractivity contribution in [1.29, 1.82) is 0 Å². The zero-order chi connectivity index (χ0) is 12.5. The maximum absolute atomic E-state index is 12.0. The Bertz CT molecular complexity index is 495. The molecule has 1 unspecified atom stereocenters. The number of hydrogen-bond acceptors (Lipinski definition) is 4. The summed E-state index contributed by atoms with van der Waals surface area (Å²) in [4.78, 5) is 23.3. The number of carbonyl (C=O) groups is 1. The normalized spacial score (nSPS) is 22.3. The first-order chi connectivity index (χ1) is 8.81. The van der Waals surface area contributed by atoms with Gasteiger partial charge >= 0.3 is 6.03 Å². The molecule has 3 rings (SSSR count). The fourth-order valence-corrected chi connectivity index (χ4v) is 2.23. The van der Waals surface area contributed by atoms with Crippen molar-refractivity contribution in [2.45, 2.75) is 6.04 Å². The minimum Gasteiger partial charge on any atom is -0.445 e. The van der Waals surface area contributed by atoms with Gasteiger partial charge in [-0.2, -0.15) is 5.06 Å². The molecule has 1 fully saturated rings. The van der Waals surface area contributed by atoms with Gasteiger partial charge in [-0.25, -0.2) is 9.78 Å². The van der Waals surface area contributed by atoms with Crippen molar-refractivity contribution in [2.75, 3.05) is 19.7 Å². The van der Waals surface area contributed by atoms with Gasteiger partial charge in [0, 0.05) is 12.1 Å². The Morgan fingerprint density at radius 3 is 3.28 bits per heavy atom. The Hall–Kier alpha value is -2.08. The first-order valence-electron chi connectivity index (χ1n) is 5.73. The third kappa shape index (κ3) is 1.62. The summed E-state index contributed by atoms with van der Waals surface area (Å²) in [5.41, 5.74) is 0.895. The molecule has 1 aromatic heterocycles. The van der Waals surface area contributed by atoms with Crippen LogP contribution < -0.4 is 0 Å². The fourth-order valence-electron chi connectivity index (χ4n) is 2.23. The lowest BCUT2D eigenvalue weighted by Crippen LogP contribution is -2.34. The van der Waals surface area contributed by atoms with Gasteiger partial charge in [-0.15, -0.1) is 6.58 Å². The lowest BCUT2D eigenvalue weighted by molar-refractivity contribution is -0.105. The van der Waals surface area contributed by atoms with Crippen LogP contribution in [0.15, 0.2) is 35.6 Å². The van der Waals surface area contributed by atoms with Crippen LogP contribution in [-0.2, 0) is 4.84 Å². The van der Waals surface area contributed by atoms with Crippen LogP contribution in [-0.4, -0.2) is 46.7 Å². The van der Waals surface area contributed by atoms with Gasteiger partial charge in [-0.3, -0.25) is 4.84 Å². The fraction of sp³-hybridized carbons (Fsp3) is 0.333. The Labute approximate surface area is 104 Å². The minimum atomic E-state index is -0.162. The highest BCUT2D eigenvalue weighted by molar-refractivity contribution is 5.83. The van der Waals surface area contributed by atoms with Gasteiger partial charge in [0.2, 0.25) is 5.89 Å². The number of carbonyl (C=O) groups excluding carboxylic acids is 1. The molecule has 0 spiro atoms. The quantitative estimate of drug-likeness (QED) is 0.752. The maximum atomic E-state index is 12.0. The molecule has 2 aliphatic heterocycles. The molecule has 1 atom stereocenters. The second-order valence-corrected chi connectivity index (χ2v) is 4.11. The third-order valence-electron chi connectivity index (χ3n) is 3.04. The number of rotatable bonds is 4. The van der Waals surface area contributed by atoms with Crippen molar-refractivity contribution >= 4 is 11.6 Å². The number of oxazole rings is 1. The highest BCUT2D eigenvalue weighted by atomic mass is 16.7. The molecule has 2 aliphatic rings. The maximum Gasteiger partial charge on any atom is 0.344 e. The van der Waals surface area contributed by atoms with Crippen molar-refractivity contribution in [1.82, 2.24) is 14.9 Å². The molecule has 0 aromatic carbocycles. The molecule has 0 saturated carbocycles. The number of hydrogen-bond donors (Lipinski definition) is 0. The van der Waals surface area contributed by atoms with Crippen LogP contribution in [0.25, 0.3) is 5.57 Å². The van der Waals surface area contributed by atoms with Crippen molar-refractivity contribution in [3.63, 3.8) is 0 Å². The molecule has 3 heterocycles. The average Bonchev–Trinajstić information content (AvgIpc) is 2.99. The summed E-state index contributed by atoms with van der Waals surface area (Å²) >= 11 is 0. The van der Waals surface area contributed by atoms with Gasteiger partial charge in [0.1, 0.15) is 12.3 Å². The number of aromatic nitrogens is 1. The summed E-state index contributed by atoms with van der Waals surface area (Å²) in [5.74, 6) is 0.543.